The first-order valence-electron chi connectivity index (χ1n) is 9.17. The van der Waals surface area contributed by atoms with Gasteiger partial charge in [-0.2, -0.15) is 0 Å². The van der Waals surface area contributed by atoms with E-state index < -0.39 is 0 Å². The number of ether oxygens (including phenoxy) is 1. The number of likely N-dealkylation sites (N-methyl/N-ethyl adjacent to an activating group) is 1. The van der Waals surface area contributed by atoms with Gasteiger partial charge in [-0.25, -0.2) is 0 Å². The van der Waals surface area contributed by atoms with Crippen molar-refractivity contribution in [3.63, 3.8) is 0 Å². The lowest BCUT2D eigenvalue weighted by atomic mass is 10.0. The van der Waals surface area contributed by atoms with Crippen LogP contribution in [0.4, 0.5) is 0 Å². The summed E-state index contributed by atoms with van der Waals surface area (Å²) in [6.45, 7) is 6.57. The lowest BCUT2D eigenvalue weighted by Crippen LogP contribution is -2.37. The molecule has 2 aromatic carbocycles. The van der Waals surface area contributed by atoms with Gasteiger partial charge < -0.3 is 10.1 Å². The van der Waals surface area contributed by atoms with Gasteiger partial charge >= 0.3 is 0 Å². The highest BCUT2D eigenvalue weighted by molar-refractivity contribution is 5.78. The zero-order chi connectivity index (χ0) is 19.1. The molecule has 26 heavy (non-hydrogen) atoms. The molecular weight excluding hydrogens is 324 g/mol. The van der Waals surface area contributed by atoms with Gasteiger partial charge in [0, 0.05) is 11.6 Å². The maximum Gasteiger partial charge on any atom is 0.234 e. The van der Waals surface area contributed by atoms with Crippen LogP contribution < -0.4 is 10.1 Å². The molecule has 1 N–H and O–H groups in total. The molecule has 2 unspecified atom stereocenters. The van der Waals surface area contributed by atoms with Crippen LogP contribution in [0.2, 0.25) is 0 Å². The molecule has 2 atom stereocenters. The zero-order valence-electron chi connectivity index (χ0n) is 16.5. The number of para-hydroxylation sites is 1. The molecule has 0 heterocycles. The van der Waals surface area contributed by atoms with Gasteiger partial charge in [-0.3, -0.25) is 9.69 Å². The standard InChI is InChI=1S/C22H30N2O2/c1-6-18-11-13-19(14-12-18)16(2)23-22(25)15-24(4)17(3)20-9-7-8-10-21(20)26-5/h7-14,16-17H,6,15H2,1-5H3,(H,23,25). The lowest BCUT2D eigenvalue weighted by molar-refractivity contribution is -0.123. The molecule has 0 aliphatic rings. The number of carbonyl (C=O) groups excluding carboxylic acids is 1. The van der Waals surface area contributed by atoms with E-state index >= 15 is 0 Å². The van der Waals surface area contributed by atoms with Crippen molar-refractivity contribution in [3.05, 3.63) is 65.2 Å². The van der Waals surface area contributed by atoms with Crippen molar-refractivity contribution >= 4 is 5.91 Å². The van der Waals surface area contributed by atoms with Crippen LogP contribution in [-0.2, 0) is 11.2 Å². The molecule has 0 bridgehead atoms. The highest BCUT2D eigenvalue weighted by Gasteiger charge is 2.19. The van der Waals surface area contributed by atoms with Crippen LogP contribution in [0.5, 0.6) is 5.75 Å². The number of hydrogen-bond acceptors (Lipinski definition) is 3. The Morgan fingerprint density at radius 1 is 1.12 bits per heavy atom. The first-order valence-corrected chi connectivity index (χ1v) is 9.17. The largest absolute Gasteiger partial charge is 0.496 e. The Morgan fingerprint density at radius 3 is 2.38 bits per heavy atom. The van der Waals surface area contributed by atoms with E-state index in [4.69, 9.17) is 4.74 Å². The van der Waals surface area contributed by atoms with Gasteiger partial charge in [-0.1, -0.05) is 49.4 Å². The van der Waals surface area contributed by atoms with Crippen molar-refractivity contribution in [2.45, 2.75) is 39.3 Å². The van der Waals surface area contributed by atoms with Crippen molar-refractivity contribution < 1.29 is 9.53 Å². The molecule has 4 heteroatoms. The van der Waals surface area contributed by atoms with Crippen molar-refractivity contribution in [2.75, 3.05) is 20.7 Å². The summed E-state index contributed by atoms with van der Waals surface area (Å²) in [4.78, 5) is 14.5. The number of hydrogen-bond donors (Lipinski definition) is 1. The van der Waals surface area contributed by atoms with E-state index in [1.165, 1.54) is 5.56 Å². The molecule has 0 aliphatic heterocycles. The van der Waals surface area contributed by atoms with Gasteiger partial charge in [0.1, 0.15) is 5.75 Å². The normalized spacial score (nSPS) is 13.3. The Balaban J connectivity index is 1.95. The van der Waals surface area contributed by atoms with E-state index in [9.17, 15) is 4.79 Å². The molecule has 0 aliphatic carbocycles. The summed E-state index contributed by atoms with van der Waals surface area (Å²) in [6, 6.07) is 16.4. The smallest absolute Gasteiger partial charge is 0.234 e. The van der Waals surface area contributed by atoms with Crippen molar-refractivity contribution in [1.29, 1.82) is 0 Å². The SMILES string of the molecule is CCc1ccc(C(C)NC(=O)CN(C)C(C)c2ccccc2OC)cc1. The minimum Gasteiger partial charge on any atom is -0.496 e. The van der Waals surface area contributed by atoms with E-state index in [2.05, 4.69) is 43.4 Å². The molecule has 140 valence electrons. The summed E-state index contributed by atoms with van der Waals surface area (Å²) in [5.41, 5.74) is 3.50. The Kier molecular flexibility index (Phi) is 7.22. The quantitative estimate of drug-likeness (QED) is 0.775. The summed E-state index contributed by atoms with van der Waals surface area (Å²) in [6.07, 6.45) is 1.02. The minimum atomic E-state index is -0.0108. The maximum atomic E-state index is 12.5. The summed E-state index contributed by atoms with van der Waals surface area (Å²) in [5, 5.41) is 3.09. The summed E-state index contributed by atoms with van der Waals surface area (Å²) in [5.74, 6) is 0.859. The van der Waals surface area contributed by atoms with Gasteiger partial charge in [0.15, 0.2) is 0 Å². The van der Waals surface area contributed by atoms with Crippen molar-refractivity contribution in [3.8, 4) is 5.75 Å². The Bertz CT molecular complexity index is 712. The van der Waals surface area contributed by atoms with E-state index in [1.807, 2.05) is 43.1 Å². The highest BCUT2D eigenvalue weighted by atomic mass is 16.5. The minimum absolute atomic E-state index is 0.0108. The fourth-order valence-electron chi connectivity index (χ4n) is 3.02. The van der Waals surface area contributed by atoms with E-state index in [1.54, 1.807) is 7.11 Å². The van der Waals surface area contributed by atoms with Crippen molar-refractivity contribution in [1.82, 2.24) is 10.2 Å². The molecule has 0 saturated carbocycles. The third-order valence-electron chi connectivity index (χ3n) is 4.91. The van der Waals surface area contributed by atoms with Crippen LogP contribution in [-0.4, -0.2) is 31.5 Å². The fraction of sp³-hybridized carbons (Fsp3) is 0.409. The molecule has 0 spiro atoms. The molecule has 0 radical (unpaired) electrons. The van der Waals surface area contributed by atoms with Crippen LogP contribution in [0.1, 0.15) is 49.5 Å². The van der Waals surface area contributed by atoms with E-state index in [0.29, 0.717) is 6.54 Å². The second kappa shape index (κ2) is 9.39. The molecule has 2 rings (SSSR count). The summed E-state index contributed by atoms with van der Waals surface area (Å²) < 4.78 is 5.44. The maximum absolute atomic E-state index is 12.5. The van der Waals surface area contributed by atoms with Crippen LogP contribution >= 0.6 is 0 Å². The third-order valence-corrected chi connectivity index (χ3v) is 4.91. The van der Waals surface area contributed by atoms with Gasteiger partial charge in [0.05, 0.1) is 19.7 Å². The third kappa shape index (κ3) is 5.09. The number of benzene rings is 2. The highest BCUT2D eigenvalue weighted by Crippen LogP contribution is 2.27. The number of nitrogens with zero attached hydrogens (tertiary/aromatic N) is 1. The first kappa shape index (κ1) is 20.0. The number of aryl methyl sites for hydroxylation is 1. The van der Waals surface area contributed by atoms with Crippen LogP contribution in [0, 0.1) is 0 Å². The second-order valence-corrected chi connectivity index (χ2v) is 6.72. The van der Waals surface area contributed by atoms with Crippen LogP contribution in [0.25, 0.3) is 0 Å². The molecule has 4 nitrogen and oxygen atoms in total. The zero-order valence-corrected chi connectivity index (χ0v) is 16.5. The molecule has 0 aromatic heterocycles. The summed E-state index contributed by atoms with van der Waals surface area (Å²) >= 11 is 0. The van der Waals surface area contributed by atoms with Gasteiger partial charge in [0.2, 0.25) is 5.91 Å². The number of carbonyl (C=O) groups is 1. The number of nitrogens with one attached hydrogen (secondary N) is 1. The Labute approximate surface area is 157 Å². The number of amides is 1. The van der Waals surface area contributed by atoms with Gasteiger partial charge in [-0.15, -0.1) is 0 Å². The first-order chi connectivity index (χ1) is 12.5. The average molecular weight is 354 g/mol. The molecular formula is C22H30N2O2. The number of methoxy groups -OCH3 is 1. The lowest BCUT2D eigenvalue weighted by Gasteiger charge is -2.26. The van der Waals surface area contributed by atoms with E-state index in [0.717, 1.165) is 23.3 Å². The predicted octanol–water partition coefficient (Wildman–Crippen LogP) is 4.13. The van der Waals surface area contributed by atoms with Crippen molar-refractivity contribution in [2.24, 2.45) is 0 Å². The molecule has 0 fully saturated rings. The van der Waals surface area contributed by atoms with E-state index in [-0.39, 0.29) is 18.0 Å². The second-order valence-electron chi connectivity index (χ2n) is 6.72. The average Bonchev–Trinajstić information content (AvgIpc) is 2.67. The summed E-state index contributed by atoms with van der Waals surface area (Å²) in [7, 11) is 3.63. The molecule has 2 aromatic rings. The van der Waals surface area contributed by atoms with Crippen LogP contribution in [0.3, 0.4) is 0 Å². The molecule has 1 amide bonds. The van der Waals surface area contributed by atoms with Crippen LogP contribution in [0.15, 0.2) is 48.5 Å². The predicted molar refractivity (Wildman–Crippen MR) is 106 cm³/mol. The van der Waals surface area contributed by atoms with Gasteiger partial charge in [-0.05, 0) is 44.5 Å². The topological polar surface area (TPSA) is 41.6 Å². The Hall–Kier alpha value is -2.33. The monoisotopic (exact) mass is 354 g/mol. The molecule has 0 saturated heterocycles. The van der Waals surface area contributed by atoms with Gasteiger partial charge in [0.25, 0.3) is 0 Å². The Morgan fingerprint density at radius 2 is 1.77 bits per heavy atom. The number of rotatable bonds is 8. The fourth-order valence-corrected chi connectivity index (χ4v) is 3.02.